The van der Waals surface area contributed by atoms with E-state index in [2.05, 4.69) is 5.32 Å². The molecule has 0 fully saturated rings. The zero-order valence-corrected chi connectivity index (χ0v) is 13.8. The Morgan fingerprint density at radius 1 is 1.16 bits per heavy atom. The number of nitrogens with zero attached hydrogens (tertiary/aromatic N) is 1. The van der Waals surface area contributed by atoms with Gasteiger partial charge in [-0.1, -0.05) is 24.3 Å². The number of para-hydroxylation sites is 1. The van der Waals surface area contributed by atoms with Crippen LogP contribution in [0.3, 0.4) is 0 Å². The van der Waals surface area contributed by atoms with Gasteiger partial charge in [-0.2, -0.15) is 0 Å². The van der Waals surface area contributed by atoms with Crippen LogP contribution in [0.25, 0.3) is 21.9 Å². The highest BCUT2D eigenvalue weighted by Crippen LogP contribution is 2.21. The van der Waals surface area contributed by atoms with Crippen molar-refractivity contribution in [2.45, 2.75) is 6.10 Å². The Hall–Kier alpha value is -3.05. The van der Waals surface area contributed by atoms with Gasteiger partial charge in [-0.15, -0.1) is 0 Å². The molecule has 0 saturated carbocycles. The molecule has 1 atom stereocenters. The molecule has 5 nitrogen and oxygen atoms in total. The Kier molecular flexibility index (Phi) is 3.78. The molecule has 2 heterocycles. The molecule has 4 rings (SSSR count). The van der Waals surface area contributed by atoms with Crippen molar-refractivity contribution in [3.8, 4) is 0 Å². The number of aromatic nitrogens is 1. The molecule has 2 aromatic heterocycles. The number of carbonyl (C=O) groups excluding carboxylic acids is 1. The average molecular weight is 334 g/mol. The van der Waals surface area contributed by atoms with Crippen LogP contribution in [0.2, 0.25) is 0 Å². The smallest absolute Gasteiger partial charge is 0.287 e. The number of hydrogen-bond donors (Lipinski definition) is 2. The van der Waals surface area contributed by atoms with Crippen molar-refractivity contribution in [3.63, 3.8) is 0 Å². The van der Waals surface area contributed by atoms with E-state index in [0.717, 1.165) is 21.9 Å². The first-order valence-electron chi connectivity index (χ1n) is 8.11. The molecule has 126 valence electrons. The minimum atomic E-state index is -0.780. The lowest BCUT2D eigenvalue weighted by Gasteiger charge is -2.12. The fraction of sp³-hybridized carbons (Fsp3) is 0.150. The molecule has 25 heavy (non-hydrogen) atoms. The maximum absolute atomic E-state index is 12.2. The number of furan rings is 1. The maximum Gasteiger partial charge on any atom is 0.287 e. The molecule has 1 amide bonds. The number of aliphatic hydroxyl groups is 1. The van der Waals surface area contributed by atoms with E-state index >= 15 is 0 Å². The van der Waals surface area contributed by atoms with Crippen LogP contribution in [0.15, 0.2) is 65.2 Å². The molecular weight excluding hydrogens is 316 g/mol. The number of amides is 1. The van der Waals surface area contributed by atoms with Crippen LogP contribution in [0, 0.1) is 0 Å². The van der Waals surface area contributed by atoms with Crippen LogP contribution >= 0.6 is 0 Å². The fourth-order valence-electron chi connectivity index (χ4n) is 3.00. The zero-order chi connectivity index (χ0) is 17.4. The number of rotatable bonds is 4. The van der Waals surface area contributed by atoms with Gasteiger partial charge in [0, 0.05) is 30.7 Å². The number of aryl methyl sites for hydroxylation is 1. The van der Waals surface area contributed by atoms with Crippen molar-refractivity contribution >= 4 is 27.8 Å². The topological polar surface area (TPSA) is 67.4 Å². The summed E-state index contributed by atoms with van der Waals surface area (Å²) in [7, 11) is 1.98. The maximum atomic E-state index is 12.2. The SMILES string of the molecule is Cn1ccc2cc([C@H](O)CNC(=O)c3cc4ccccc4o3)ccc21. The third kappa shape index (κ3) is 2.90. The molecule has 2 aromatic carbocycles. The van der Waals surface area contributed by atoms with Crippen molar-refractivity contribution in [2.75, 3.05) is 6.54 Å². The van der Waals surface area contributed by atoms with Gasteiger partial charge in [0.25, 0.3) is 5.91 Å². The normalized spacial score (nSPS) is 12.6. The lowest BCUT2D eigenvalue weighted by molar-refractivity contribution is 0.0891. The lowest BCUT2D eigenvalue weighted by Crippen LogP contribution is -2.28. The van der Waals surface area contributed by atoms with E-state index in [1.165, 1.54) is 0 Å². The van der Waals surface area contributed by atoms with Crippen LogP contribution in [-0.2, 0) is 7.05 Å². The van der Waals surface area contributed by atoms with Gasteiger partial charge in [0.1, 0.15) is 5.58 Å². The summed E-state index contributed by atoms with van der Waals surface area (Å²) in [6, 6.07) is 16.9. The molecular formula is C20H18N2O3. The molecule has 0 radical (unpaired) electrons. The van der Waals surface area contributed by atoms with Gasteiger partial charge in [0.15, 0.2) is 5.76 Å². The van der Waals surface area contributed by atoms with Crippen molar-refractivity contribution in [3.05, 3.63) is 72.1 Å². The Labute approximate surface area is 144 Å². The Bertz CT molecular complexity index is 1030. The molecule has 0 spiro atoms. The third-order valence-electron chi connectivity index (χ3n) is 4.40. The van der Waals surface area contributed by atoms with Gasteiger partial charge >= 0.3 is 0 Å². The second kappa shape index (κ2) is 6.11. The highest BCUT2D eigenvalue weighted by atomic mass is 16.3. The Balaban J connectivity index is 1.46. The van der Waals surface area contributed by atoms with E-state index in [1.807, 2.05) is 66.3 Å². The second-order valence-corrected chi connectivity index (χ2v) is 6.12. The summed E-state index contributed by atoms with van der Waals surface area (Å²) in [4.78, 5) is 12.2. The summed E-state index contributed by atoms with van der Waals surface area (Å²) in [5, 5.41) is 15.0. The third-order valence-corrected chi connectivity index (χ3v) is 4.40. The van der Waals surface area contributed by atoms with Gasteiger partial charge in [0.2, 0.25) is 0 Å². The molecule has 5 heteroatoms. The van der Waals surface area contributed by atoms with Crippen LogP contribution in [0.5, 0.6) is 0 Å². The van der Waals surface area contributed by atoms with Gasteiger partial charge in [-0.3, -0.25) is 4.79 Å². The first kappa shape index (κ1) is 15.5. The molecule has 2 N–H and O–H groups in total. The van der Waals surface area contributed by atoms with Crippen molar-refractivity contribution < 1.29 is 14.3 Å². The molecule has 0 unspecified atom stereocenters. The van der Waals surface area contributed by atoms with Gasteiger partial charge in [-0.25, -0.2) is 0 Å². The number of nitrogens with one attached hydrogen (secondary N) is 1. The van der Waals surface area contributed by atoms with E-state index in [-0.39, 0.29) is 18.2 Å². The number of aliphatic hydroxyl groups excluding tert-OH is 1. The molecule has 0 aliphatic carbocycles. The lowest BCUT2D eigenvalue weighted by atomic mass is 10.1. The molecule has 0 aliphatic rings. The first-order valence-corrected chi connectivity index (χ1v) is 8.11. The summed E-state index contributed by atoms with van der Waals surface area (Å²) < 4.78 is 7.55. The van der Waals surface area contributed by atoms with E-state index in [4.69, 9.17) is 4.42 Å². The summed E-state index contributed by atoms with van der Waals surface area (Å²) in [5.74, 6) is -0.0945. The van der Waals surface area contributed by atoms with Crippen LogP contribution in [0.4, 0.5) is 0 Å². The highest BCUT2D eigenvalue weighted by molar-refractivity contribution is 5.96. The van der Waals surface area contributed by atoms with Crippen molar-refractivity contribution in [2.24, 2.45) is 7.05 Å². The molecule has 0 saturated heterocycles. The standard InChI is InChI=1S/C20H18N2O3/c1-22-9-8-13-10-14(6-7-16(13)22)17(23)12-21-20(24)19-11-15-4-2-3-5-18(15)25-19/h2-11,17,23H,12H2,1H3,(H,21,24)/t17-/m1/s1. The predicted octanol–water partition coefficient (Wildman–Crippen LogP) is 3.39. The zero-order valence-electron chi connectivity index (χ0n) is 13.8. The van der Waals surface area contributed by atoms with E-state index < -0.39 is 6.10 Å². The van der Waals surface area contributed by atoms with E-state index in [9.17, 15) is 9.90 Å². The number of benzene rings is 2. The van der Waals surface area contributed by atoms with Gasteiger partial charge < -0.3 is 19.4 Å². The predicted molar refractivity (Wildman–Crippen MR) is 96.4 cm³/mol. The second-order valence-electron chi connectivity index (χ2n) is 6.12. The molecule has 4 aromatic rings. The quantitative estimate of drug-likeness (QED) is 0.601. The van der Waals surface area contributed by atoms with E-state index in [0.29, 0.717) is 5.58 Å². The first-order chi connectivity index (χ1) is 12.1. The average Bonchev–Trinajstić information content (AvgIpc) is 3.23. The van der Waals surface area contributed by atoms with Crippen molar-refractivity contribution in [1.82, 2.24) is 9.88 Å². The summed E-state index contributed by atoms with van der Waals surface area (Å²) in [6.07, 6.45) is 1.20. The van der Waals surface area contributed by atoms with E-state index in [1.54, 1.807) is 6.07 Å². The van der Waals surface area contributed by atoms with Gasteiger partial charge in [-0.05, 0) is 41.3 Å². The Morgan fingerprint density at radius 2 is 2.00 bits per heavy atom. The van der Waals surface area contributed by atoms with Crippen LogP contribution in [-0.4, -0.2) is 22.1 Å². The minimum Gasteiger partial charge on any atom is -0.451 e. The highest BCUT2D eigenvalue weighted by Gasteiger charge is 2.15. The summed E-state index contributed by atoms with van der Waals surface area (Å²) in [5.41, 5.74) is 2.54. The van der Waals surface area contributed by atoms with Crippen LogP contribution < -0.4 is 5.32 Å². The van der Waals surface area contributed by atoms with Gasteiger partial charge in [0.05, 0.1) is 6.10 Å². The summed E-state index contributed by atoms with van der Waals surface area (Å²) >= 11 is 0. The summed E-state index contributed by atoms with van der Waals surface area (Å²) in [6.45, 7) is 0.119. The van der Waals surface area contributed by atoms with Crippen molar-refractivity contribution in [1.29, 1.82) is 0 Å². The number of carbonyl (C=O) groups is 1. The number of fused-ring (bicyclic) bond motifs is 2. The van der Waals surface area contributed by atoms with Crippen LogP contribution in [0.1, 0.15) is 22.2 Å². The molecule has 0 bridgehead atoms. The Morgan fingerprint density at radius 3 is 2.84 bits per heavy atom. The largest absolute Gasteiger partial charge is 0.451 e. The number of hydrogen-bond acceptors (Lipinski definition) is 3. The molecule has 0 aliphatic heterocycles. The minimum absolute atomic E-state index is 0.119. The monoisotopic (exact) mass is 334 g/mol. The fourth-order valence-corrected chi connectivity index (χ4v) is 3.00.